The van der Waals surface area contributed by atoms with Gasteiger partial charge in [0.2, 0.25) is 0 Å². The highest BCUT2D eigenvalue weighted by Gasteiger charge is 2.31. The Morgan fingerprint density at radius 1 is 0.788 bits per heavy atom. The molecule has 0 heterocycles. The summed E-state index contributed by atoms with van der Waals surface area (Å²) in [4.78, 5) is 12.3. The zero-order valence-corrected chi connectivity index (χ0v) is 22.2. The standard InChI is InChI=1S/C26H41F3INO2/c1-2-3-4-5-6-7-8-9-10-11-12-13-14-15-16-17-20-31-25(32)23-21-22(26(27,28)29)18-19-24(23)30-33/h18-19,21H,2-17,20H2,1H3,(H,31,32). The van der Waals surface area contributed by atoms with Crippen LogP contribution in [-0.2, 0) is 9.25 Å². The summed E-state index contributed by atoms with van der Waals surface area (Å²) in [6.07, 6.45) is 15.7. The van der Waals surface area contributed by atoms with Gasteiger partial charge in [-0.1, -0.05) is 103 Å². The van der Waals surface area contributed by atoms with Crippen molar-refractivity contribution in [3.05, 3.63) is 32.9 Å². The van der Waals surface area contributed by atoms with Gasteiger partial charge >= 0.3 is 6.18 Å². The van der Waals surface area contributed by atoms with Gasteiger partial charge in [0.15, 0.2) is 21.2 Å². The van der Waals surface area contributed by atoms with Crippen LogP contribution in [0.3, 0.4) is 0 Å². The lowest BCUT2D eigenvalue weighted by Crippen LogP contribution is -2.25. The number of unbranched alkanes of at least 4 members (excludes halogenated alkanes) is 15. The van der Waals surface area contributed by atoms with Crippen molar-refractivity contribution in [3.63, 3.8) is 0 Å². The number of alkyl halides is 3. The molecule has 0 saturated carbocycles. The van der Waals surface area contributed by atoms with Crippen molar-refractivity contribution in [1.29, 1.82) is 0 Å². The highest BCUT2D eigenvalue weighted by Crippen LogP contribution is 2.31. The fraction of sp³-hybridized carbons (Fsp3) is 0.731. The Morgan fingerprint density at radius 3 is 1.67 bits per heavy atom. The van der Waals surface area contributed by atoms with E-state index in [0.717, 1.165) is 37.5 Å². The second-order valence-corrected chi connectivity index (χ2v) is 10.4. The van der Waals surface area contributed by atoms with Gasteiger partial charge < -0.3 is 5.32 Å². The molecule has 190 valence electrons. The fourth-order valence-electron chi connectivity index (χ4n) is 3.91. The van der Waals surface area contributed by atoms with E-state index in [2.05, 4.69) is 12.2 Å². The van der Waals surface area contributed by atoms with Crippen LogP contribution in [0.25, 0.3) is 0 Å². The third-order valence-corrected chi connectivity index (χ3v) is 7.35. The number of halogens is 4. The van der Waals surface area contributed by atoms with E-state index >= 15 is 0 Å². The Bertz CT molecular complexity index is 680. The van der Waals surface area contributed by atoms with Gasteiger partial charge in [-0.05, 0) is 24.6 Å². The lowest BCUT2D eigenvalue weighted by Gasteiger charge is -2.11. The van der Waals surface area contributed by atoms with Crippen LogP contribution in [0, 0.1) is 3.57 Å². The van der Waals surface area contributed by atoms with E-state index in [1.165, 1.54) is 83.5 Å². The van der Waals surface area contributed by atoms with Gasteiger partial charge in [-0.2, -0.15) is 13.2 Å². The predicted molar refractivity (Wildman–Crippen MR) is 137 cm³/mol. The Balaban J connectivity index is 2.04. The minimum atomic E-state index is -4.53. The van der Waals surface area contributed by atoms with Gasteiger partial charge in [-0.15, -0.1) is 0 Å². The Morgan fingerprint density at radius 2 is 1.24 bits per heavy atom. The summed E-state index contributed by atoms with van der Waals surface area (Å²) in [5.74, 6) is -0.576. The Labute approximate surface area is 208 Å². The Kier molecular flexibility index (Phi) is 16.7. The molecule has 0 fully saturated rings. The molecule has 1 aromatic carbocycles. The van der Waals surface area contributed by atoms with Crippen molar-refractivity contribution in [3.8, 4) is 0 Å². The second kappa shape index (κ2) is 18.4. The topological polar surface area (TPSA) is 46.2 Å². The molecular formula is C26H41F3INO2. The summed E-state index contributed by atoms with van der Waals surface area (Å²) in [5.41, 5.74) is -1.01. The number of hydrogen-bond acceptors (Lipinski definition) is 2. The summed E-state index contributed by atoms with van der Waals surface area (Å²) < 4.78 is 50.2. The largest absolute Gasteiger partial charge is 0.416 e. The third kappa shape index (κ3) is 14.1. The molecule has 7 heteroatoms. The average Bonchev–Trinajstić information content (AvgIpc) is 2.79. The molecule has 0 atom stereocenters. The van der Waals surface area contributed by atoms with Crippen molar-refractivity contribution in [2.75, 3.05) is 6.54 Å². The molecule has 0 radical (unpaired) electrons. The van der Waals surface area contributed by atoms with Gasteiger partial charge in [-0.25, -0.2) is 0 Å². The molecule has 1 aromatic rings. The van der Waals surface area contributed by atoms with Crippen molar-refractivity contribution >= 4 is 27.1 Å². The second-order valence-electron chi connectivity index (χ2n) is 8.83. The highest BCUT2D eigenvalue weighted by atomic mass is 127. The fourth-order valence-corrected chi connectivity index (χ4v) is 4.88. The van der Waals surface area contributed by atoms with Gasteiger partial charge in [-0.3, -0.25) is 7.86 Å². The van der Waals surface area contributed by atoms with Crippen LogP contribution in [0.15, 0.2) is 18.2 Å². The summed E-state index contributed by atoms with van der Waals surface area (Å²) in [6.45, 7) is 2.67. The summed E-state index contributed by atoms with van der Waals surface area (Å²) in [5, 5.41) is 2.67. The van der Waals surface area contributed by atoms with Crippen LogP contribution < -0.4 is 5.32 Å². The number of carbonyl (C=O) groups excluding carboxylic acids is 1. The molecule has 0 aliphatic carbocycles. The molecule has 0 spiro atoms. The maximum Gasteiger partial charge on any atom is 0.416 e. The van der Waals surface area contributed by atoms with Crippen LogP contribution in [-0.4, -0.2) is 12.5 Å². The van der Waals surface area contributed by atoms with Gasteiger partial charge in [0.05, 0.1) is 14.7 Å². The number of benzene rings is 1. The normalized spacial score (nSPS) is 11.6. The van der Waals surface area contributed by atoms with Crippen LogP contribution in [0.4, 0.5) is 13.2 Å². The van der Waals surface area contributed by atoms with E-state index in [4.69, 9.17) is 0 Å². The molecule has 0 saturated heterocycles. The number of rotatable bonds is 19. The minimum absolute atomic E-state index is 0.121. The Hall–Kier alpha value is -0.990. The highest BCUT2D eigenvalue weighted by molar-refractivity contribution is 14.1. The van der Waals surface area contributed by atoms with E-state index in [9.17, 15) is 21.0 Å². The van der Waals surface area contributed by atoms with Crippen molar-refractivity contribution in [2.45, 2.75) is 116 Å². The van der Waals surface area contributed by atoms with Crippen molar-refractivity contribution < 1.29 is 21.0 Å². The molecule has 0 aliphatic rings. The summed E-state index contributed by atoms with van der Waals surface area (Å²) in [7, 11) is 0. The molecular weight excluding hydrogens is 542 g/mol. The van der Waals surface area contributed by atoms with Crippen molar-refractivity contribution in [2.24, 2.45) is 0 Å². The number of amides is 1. The number of carbonyl (C=O) groups is 1. The van der Waals surface area contributed by atoms with Crippen LogP contribution in [0.2, 0.25) is 0 Å². The van der Waals surface area contributed by atoms with Crippen LogP contribution in [0.1, 0.15) is 126 Å². The third-order valence-electron chi connectivity index (χ3n) is 5.94. The molecule has 0 bridgehead atoms. The number of nitrogens with one attached hydrogen (secondary N) is 1. The molecule has 3 nitrogen and oxygen atoms in total. The first-order valence-corrected chi connectivity index (χ1v) is 14.6. The van der Waals surface area contributed by atoms with Crippen LogP contribution >= 0.6 is 21.2 Å². The van der Waals surface area contributed by atoms with Crippen molar-refractivity contribution in [1.82, 2.24) is 5.32 Å². The van der Waals surface area contributed by atoms with E-state index in [1.54, 1.807) is 0 Å². The summed E-state index contributed by atoms with van der Waals surface area (Å²) >= 11 is -1.72. The molecule has 33 heavy (non-hydrogen) atoms. The zero-order chi connectivity index (χ0) is 24.4. The molecule has 1 N–H and O–H groups in total. The quantitative estimate of drug-likeness (QED) is 0.130. The smallest absolute Gasteiger partial charge is 0.352 e. The number of hydrogen-bond donors (Lipinski definition) is 1. The van der Waals surface area contributed by atoms with Gasteiger partial charge in [0.1, 0.15) is 0 Å². The van der Waals surface area contributed by atoms with E-state index in [1.807, 2.05) is 0 Å². The van der Waals surface area contributed by atoms with Gasteiger partial charge in [0, 0.05) is 6.54 Å². The molecule has 0 aliphatic heterocycles. The zero-order valence-electron chi connectivity index (χ0n) is 20.1. The van der Waals surface area contributed by atoms with Crippen LogP contribution in [0.5, 0.6) is 0 Å². The predicted octanol–water partition coefficient (Wildman–Crippen LogP) is 9.18. The molecule has 1 rings (SSSR count). The molecule has 0 aromatic heterocycles. The van der Waals surface area contributed by atoms with Gasteiger partial charge in [0.25, 0.3) is 5.91 Å². The first-order chi connectivity index (χ1) is 15.9. The average molecular weight is 584 g/mol. The first-order valence-electron chi connectivity index (χ1n) is 12.7. The van der Waals surface area contributed by atoms with E-state index in [-0.39, 0.29) is 9.13 Å². The maximum atomic E-state index is 12.9. The monoisotopic (exact) mass is 583 g/mol. The molecule has 0 unspecified atom stereocenters. The van der Waals surface area contributed by atoms with E-state index < -0.39 is 38.8 Å². The summed E-state index contributed by atoms with van der Waals surface area (Å²) in [6, 6.07) is 2.82. The lowest BCUT2D eigenvalue weighted by atomic mass is 10.0. The minimum Gasteiger partial charge on any atom is -0.352 e. The molecule has 1 amide bonds. The van der Waals surface area contributed by atoms with E-state index in [0.29, 0.717) is 6.54 Å². The lowest BCUT2D eigenvalue weighted by molar-refractivity contribution is -0.137. The SMILES string of the molecule is CCCCCCCCCCCCCCCCCCNC(=O)c1cc(C(F)(F)F)ccc1I=O. The first kappa shape index (κ1) is 30.0. The maximum absolute atomic E-state index is 12.9.